The largest absolute Gasteiger partial charge is 0.493 e. The summed E-state index contributed by atoms with van der Waals surface area (Å²) in [7, 11) is 3.23. The predicted molar refractivity (Wildman–Crippen MR) is 123 cm³/mol. The second kappa shape index (κ2) is 11.4. The number of nitrogens with zero attached hydrogens (tertiary/aromatic N) is 2. The zero-order valence-electron chi connectivity index (χ0n) is 18.1. The highest BCUT2D eigenvalue weighted by Gasteiger charge is 2.07. The molecule has 3 rings (SSSR count). The summed E-state index contributed by atoms with van der Waals surface area (Å²) < 4.78 is 16.5. The van der Waals surface area contributed by atoms with E-state index in [1.54, 1.807) is 20.4 Å². The van der Waals surface area contributed by atoms with Crippen molar-refractivity contribution < 1.29 is 14.2 Å². The van der Waals surface area contributed by atoms with Gasteiger partial charge in [0.25, 0.3) is 0 Å². The van der Waals surface area contributed by atoms with Crippen LogP contribution in [0.15, 0.2) is 71.9 Å². The Morgan fingerprint density at radius 1 is 0.935 bits per heavy atom. The van der Waals surface area contributed by atoms with E-state index in [9.17, 15) is 0 Å². The Hall–Kier alpha value is -3.74. The van der Waals surface area contributed by atoms with E-state index >= 15 is 0 Å². The Labute approximate surface area is 183 Å². The maximum Gasteiger partial charge on any atom is 0.213 e. The molecule has 3 aromatic rings. The van der Waals surface area contributed by atoms with E-state index in [0.29, 0.717) is 36.5 Å². The van der Waals surface area contributed by atoms with Gasteiger partial charge in [-0.3, -0.25) is 0 Å². The number of nitrogens with one attached hydrogen (secondary N) is 2. The van der Waals surface area contributed by atoms with Gasteiger partial charge in [0.2, 0.25) is 5.88 Å². The van der Waals surface area contributed by atoms with Gasteiger partial charge in [-0.05, 0) is 36.2 Å². The molecule has 1 heterocycles. The summed E-state index contributed by atoms with van der Waals surface area (Å²) in [6, 6.07) is 19.5. The Morgan fingerprint density at radius 3 is 2.48 bits per heavy atom. The molecule has 2 N–H and O–H groups in total. The van der Waals surface area contributed by atoms with Crippen LogP contribution in [0.5, 0.6) is 17.4 Å². The van der Waals surface area contributed by atoms with Gasteiger partial charge in [0, 0.05) is 30.6 Å². The first-order valence-corrected chi connectivity index (χ1v) is 10.1. The maximum atomic E-state index is 5.81. The molecular weight excluding hydrogens is 392 g/mol. The number of benzene rings is 2. The van der Waals surface area contributed by atoms with E-state index in [2.05, 4.69) is 20.6 Å². The molecule has 0 unspecified atom stereocenters. The zero-order valence-corrected chi connectivity index (χ0v) is 18.1. The van der Waals surface area contributed by atoms with Crippen molar-refractivity contribution in [1.29, 1.82) is 0 Å². The normalized spacial score (nSPS) is 11.0. The van der Waals surface area contributed by atoms with Crippen LogP contribution in [0.2, 0.25) is 0 Å². The molecule has 0 amide bonds. The first-order chi connectivity index (χ1) is 15.2. The molecule has 2 aromatic carbocycles. The Bertz CT molecular complexity index is 993. The molecule has 0 aliphatic heterocycles. The van der Waals surface area contributed by atoms with Crippen LogP contribution < -0.4 is 24.8 Å². The maximum absolute atomic E-state index is 5.81. The van der Waals surface area contributed by atoms with E-state index in [4.69, 9.17) is 14.2 Å². The molecular formula is C24H28N4O3. The molecule has 0 saturated carbocycles. The summed E-state index contributed by atoms with van der Waals surface area (Å²) in [5, 5.41) is 6.54. The van der Waals surface area contributed by atoms with Crippen LogP contribution in [-0.2, 0) is 13.2 Å². The Kier molecular flexibility index (Phi) is 8.11. The van der Waals surface area contributed by atoms with E-state index in [1.807, 2.05) is 67.6 Å². The molecule has 1 aromatic heterocycles. The van der Waals surface area contributed by atoms with Gasteiger partial charge in [-0.2, -0.15) is 0 Å². The molecule has 31 heavy (non-hydrogen) atoms. The van der Waals surface area contributed by atoms with E-state index in [-0.39, 0.29) is 0 Å². The van der Waals surface area contributed by atoms with Gasteiger partial charge in [0.1, 0.15) is 6.61 Å². The summed E-state index contributed by atoms with van der Waals surface area (Å²) in [6.07, 6.45) is 1.74. The fourth-order valence-corrected chi connectivity index (χ4v) is 2.89. The summed E-state index contributed by atoms with van der Waals surface area (Å²) in [5.41, 5.74) is 2.95. The highest BCUT2D eigenvalue weighted by Crippen LogP contribution is 2.29. The van der Waals surface area contributed by atoms with Crippen LogP contribution in [0.4, 0.5) is 5.69 Å². The lowest BCUT2D eigenvalue weighted by atomic mass is 10.2. The third kappa shape index (κ3) is 6.64. The van der Waals surface area contributed by atoms with E-state index in [1.165, 1.54) is 0 Å². The zero-order chi connectivity index (χ0) is 21.9. The highest BCUT2D eigenvalue weighted by molar-refractivity contribution is 5.93. The molecule has 0 atom stereocenters. The Morgan fingerprint density at radius 2 is 1.74 bits per heavy atom. The van der Waals surface area contributed by atoms with Gasteiger partial charge in [-0.15, -0.1) is 0 Å². The van der Waals surface area contributed by atoms with Crippen molar-refractivity contribution in [1.82, 2.24) is 10.3 Å². The molecule has 162 valence electrons. The summed E-state index contributed by atoms with van der Waals surface area (Å²) in [6.45, 7) is 3.71. The monoisotopic (exact) mass is 420 g/mol. The second-order valence-electron chi connectivity index (χ2n) is 6.67. The van der Waals surface area contributed by atoms with Crippen LogP contribution in [0.1, 0.15) is 18.1 Å². The van der Waals surface area contributed by atoms with Crippen LogP contribution in [0.3, 0.4) is 0 Å². The third-order valence-corrected chi connectivity index (χ3v) is 4.44. The summed E-state index contributed by atoms with van der Waals surface area (Å²) in [5.74, 6) is 2.57. The SMILES string of the molecule is CCNC(=NCc1ccnc(OCc2ccccc2)c1)Nc1ccc(OC)c(OC)c1. The topological polar surface area (TPSA) is 77.0 Å². The minimum Gasteiger partial charge on any atom is -0.493 e. The van der Waals surface area contributed by atoms with Crippen LogP contribution in [-0.4, -0.2) is 31.7 Å². The van der Waals surface area contributed by atoms with Gasteiger partial charge in [-0.1, -0.05) is 30.3 Å². The molecule has 7 heteroatoms. The van der Waals surface area contributed by atoms with Crippen molar-refractivity contribution in [2.45, 2.75) is 20.1 Å². The molecule has 7 nitrogen and oxygen atoms in total. The van der Waals surface area contributed by atoms with Crippen LogP contribution >= 0.6 is 0 Å². The van der Waals surface area contributed by atoms with Gasteiger partial charge in [0.15, 0.2) is 17.5 Å². The molecule has 0 spiro atoms. The van der Waals surface area contributed by atoms with Crippen LogP contribution in [0, 0.1) is 0 Å². The highest BCUT2D eigenvalue weighted by atomic mass is 16.5. The number of guanidine groups is 1. The lowest BCUT2D eigenvalue weighted by Crippen LogP contribution is -2.30. The smallest absolute Gasteiger partial charge is 0.213 e. The number of anilines is 1. The van der Waals surface area contributed by atoms with Gasteiger partial charge >= 0.3 is 0 Å². The number of rotatable bonds is 9. The van der Waals surface area contributed by atoms with Crippen molar-refractivity contribution >= 4 is 11.6 Å². The van der Waals surface area contributed by atoms with E-state index < -0.39 is 0 Å². The van der Waals surface area contributed by atoms with Gasteiger partial charge in [0.05, 0.1) is 20.8 Å². The van der Waals surface area contributed by atoms with Gasteiger partial charge in [-0.25, -0.2) is 9.98 Å². The molecule has 0 bridgehead atoms. The molecule has 0 fully saturated rings. The average Bonchev–Trinajstić information content (AvgIpc) is 2.82. The Balaban J connectivity index is 1.66. The molecule has 0 aliphatic carbocycles. The standard InChI is InChI=1S/C24H28N4O3/c1-4-25-24(28-20-10-11-21(29-2)22(15-20)30-3)27-16-19-12-13-26-23(14-19)31-17-18-8-6-5-7-9-18/h5-15H,4,16-17H2,1-3H3,(H2,25,27,28). The third-order valence-electron chi connectivity index (χ3n) is 4.44. The number of methoxy groups -OCH3 is 2. The van der Waals surface area contributed by atoms with Crippen molar-refractivity contribution in [2.75, 3.05) is 26.1 Å². The number of aromatic nitrogens is 1. The molecule has 0 aliphatic rings. The minimum atomic E-state index is 0.476. The number of ether oxygens (including phenoxy) is 3. The summed E-state index contributed by atoms with van der Waals surface area (Å²) in [4.78, 5) is 8.97. The summed E-state index contributed by atoms with van der Waals surface area (Å²) >= 11 is 0. The fourth-order valence-electron chi connectivity index (χ4n) is 2.89. The number of hydrogen-bond donors (Lipinski definition) is 2. The lowest BCUT2D eigenvalue weighted by Gasteiger charge is -2.14. The molecule has 0 saturated heterocycles. The number of aliphatic imine (C=N–C) groups is 1. The fraction of sp³-hybridized carbons (Fsp3) is 0.250. The van der Waals surface area contributed by atoms with Gasteiger partial charge < -0.3 is 24.8 Å². The first-order valence-electron chi connectivity index (χ1n) is 10.1. The average molecular weight is 421 g/mol. The van der Waals surface area contributed by atoms with Crippen LogP contribution in [0.25, 0.3) is 0 Å². The second-order valence-corrected chi connectivity index (χ2v) is 6.67. The lowest BCUT2D eigenvalue weighted by molar-refractivity contribution is 0.293. The van der Waals surface area contributed by atoms with Crippen molar-refractivity contribution in [3.05, 3.63) is 78.0 Å². The van der Waals surface area contributed by atoms with E-state index in [0.717, 1.165) is 23.4 Å². The number of pyridine rings is 1. The predicted octanol–water partition coefficient (Wildman–Crippen LogP) is 4.26. The van der Waals surface area contributed by atoms with Crippen molar-refractivity contribution in [3.63, 3.8) is 0 Å². The number of hydrogen-bond acceptors (Lipinski definition) is 5. The van der Waals surface area contributed by atoms with Crippen molar-refractivity contribution in [2.24, 2.45) is 4.99 Å². The minimum absolute atomic E-state index is 0.476. The quantitative estimate of drug-likeness (QED) is 0.398. The first kappa shape index (κ1) is 22.0. The van der Waals surface area contributed by atoms with Crippen molar-refractivity contribution in [3.8, 4) is 17.4 Å². The molecule has 0 radical (unpaired) electrons.